The molecule has 0 aromatic heterocycles. The first-order chi connectivity index (χ1) is 68.8. The highest BCUT2D eigenvalue weighted by Gasteiger charge is 2.44. The minimum atomic E-state index is -2.04. The number of hydrogen-bond acceptors (Lipinski definition) is 27. The maximum Gasteiger partial charge on any atom is 0.407 e. The van der Waals surface area contributed by atoms with Gasteiger partial charge in [0.05, 0.1) is 18.6 Å². The van der Waals surface area contributed by atoms with E-state index in [1.807, 2.05) is 48.5 Å². The Morgan fingerprint density at radius 3 is 1.09 bits per heavy atom. The molecule has 1 aliphatic carbocycles. The number of carbonyl (C=O) groups is 20. The van der Waals surface area contributed by atoms with Gasteiger partial charge in [0.25, 0.3) is 0 Å². The third-order valence-electron chi connectivity index (χ3n) is 22.5. The molecular weight excluding hydrogens is 1920 g/mol. The number of nitrogens with zero attached hydrogens (tertiary/aromatic N) is 1. The van der Waals surface area contributed by atoms with Crippen molar-refractivity contribution in [3.8, 4) is 11.1 Å². The smallest absolute Gasteiger partial charge is 0.407 e. The van der Waals surface area contributed by atoms with Gasteiger partial charge in [0.1, 0.15) is 120 Å². The Morgan fingerprint density at radius 1 is 0.358 bits per heavy atom. The molecule has 148 heavy (non-hydrogen) atoms. The number of carboxylic acids is 1. The molecule has 42 heteroatoms. The zero-order valence-electron chi connectivity index (χ0n) is 89.2. The summed E-state index contributed by atoms with van der Waals surface area (Å²) in [6, 6.07) is 11.2. The van der Waals surface area contributed by atoms with Crippen LogP contribution >= 0.6 is 0 Å². The Labute approximate surface area is 864 Å². The number of carboxylic acid groups (broad SMARTS) is 1. The number of likely N-dealkylation sites (tertiary alicyclic amines) is 1. The van der Waals surface area contributed by atoms with Gasteiger partial charge in [0.2, 0.25) is 76.8 Å². The molecule has 4 aromatic rings. The molecule has 814 valence electrons. The summed E-state index contributed by atoms with van der Waals surface area (Å²) in [5, 5.41) is 43.0. The van der Waals surface area contributed by atoms with E-state index in [1.54, 1.807) is 178 Å². The van der Waals surface area contributed by atoms with Crippen molar-refractivity contribution in [3.63, 3.8) is 0 Å². The Kier molecular flexibility index (Phi) is 46.2. The van der Waals surface area contributed by atoms with Crippen LogP contribution in [0.25, 0.3) is 11.1 Å². The molecular formula is C106H152N14O28. The fourth-order valence-electron chi connectivity index (χ4n) is 15.7. The number of alkyl carbamates (subject to hydrolysis) is 1. The van der Waals surface area contributed by atoms with E-state index in [2.05, 4.69) is 69.1 Å². The first kappa shape index (κ1) is 123. The minimum Gasteiger partial charge on any atom is -0.480 e. The molecule has 13 atom stereocenters. The molecule has 1 saturated heterocycles. The topological polar surface area (TPSA) is 586 Å². The van der Waals surface area contributed by atoms with Crippen molar-refractivity contribution in [2.45, 2.75) is 367 Å². The van der Waals surface area contributed by atoms with Gasteiger partial charge >= 0.3 is 41.9 Å². The number of carbonyl (C=O) groups excluding carboxylic acids is 19. The lowest BCUT2D eigenvalue weighted by molar-refractivity contribution is -0.157. The summed E-state index contributed by atoms with van der Waals surface area (Å²) < 4.78 is 39.2. The van der Waals surface area contributed by atoms with Gasteiger partial charge in [0, 0.05) is 51.0 Å². The highest BCUT2D eigenvalue weighted by molar-refractivity contribution is 6.01. The number of benzene rings is 4. The van der Waals surface area contributed by atoms with E-state index >= 15 is 14.4 Å². The van der Waals surface area contributed by atoms with Crippen molar-refractivity contribution in [2.75, 3.05) is 26.3 Å². The molecule has 14 amide bonds. The second kappa shape index (κ2) is 55.7. The number of esters is 5. The van der Waals surface area contributed by atoms with Crippen LogP contribution in [0.15, 0.2) is 109 Å². The highest BCUT2D eigenvalue weighted by Crippen LogP contribution is 2.45. The molecule has 0 radical (unpaired) electrons. The third-order valence-corrected chi connectivity index (χ3v) is 22.5. The van der Waals surface area contributed by atoms with Gasteiger partial charge < -0.3 is 112 Å². The van der Waals surface area contributed by atoms with Crippen molar-refractivity contribution in [1.29, 1.82) is 0 Å². The molecule has 14 N–H and O–H groups in total. The van der Waals surface area contributed by atoms with Crippen LogP contribution in [0.4, 0.5) is 4.79 Å². The lowest BCUT2D eigenvalue weighted by Gasteiger charge is -2.31. The van der Waals surface area contributed by atoms with Crippen LogP contribution in [0.5, 0.6) is 0 Å². The average molecular weight is 2070 g/mol. The molecule has 1 fully saturated rings. The van der Waals surface area contributed by atoms with E-state index in [-0.39, 0.29) is 63.5 Å². The molecule has 6 rings (SSSR count). The summed E-state index contributed by atoms with van der Waals surface area (Å²) in [6.45, 7) is 34.2. The summed E-state index contributed by atoms with van der Waals surface area (Å²) in [5.74, 6) is -19.6. The van der Waals surface area contributed by atoms with Crippen molar-refractivity contribution >= 4 is 119 Å². The van der Waals surface area contributed by atoms with Gasteiger partial charge in [-0.05, 0) is 230 Å². The van der Waals surface area contributed by atoms with Crippen LogP contribution in [-0.4, -0.2) is 267 Å². The number of fused-ring (bicyclic) bond motifs is 3. The number of ether oxygens (including phenoxy) is 7. The third kappa shape index (κ3) is 44.0. The molecule has 0 saturated carbocycles. The van der Waals surface area contributed by atoms with E-state index in [4.69, 9.17) is 33.2 Å². The SMILES string of the molecule is CC(C)C[C@H](NC(=O)[C@@H]1CCCN1C(=O)[C@H](Cc1ccccc1)NC(=O)[C@H](C)NC(=O)[C@H](CCC(=O)OC(C)(C)C)NC(=O)[C@H](C)NC(=O)[C@H](COC(C)(C)C)NC(=O)[C@H](CCC(=O)OC(C)(C)C)NC(=O)[C@H](CC(=O)OC(C)(C)C)NC(=O)[C@H](CCC(=O)OC(C)(C)C)NC(=O)[C@H](C)NC(=O)CNC(=O)OCC1c2ccccc2-c2ccccc21)C(=O)N[C@@H](CCC(=O)OC(C)(C)C)C(=O)N[C@@H](Cc1ccccc1)C(=O)O. The van der Waals surface area contributed by atoms with E-state index in [9.17, 15) is 86.6 Å². The summed E-state index contributed by atoms with van der Waals surface area (Å²) >= 11 is 0. The molecule has 0 bridgehead atoms. The fraction of sp³-hybridized carbons (Fsp3) is 0.585. The number of hydrogen-bond donors (Lipinski definition) is 14. The first-order valence-electron chi connectivity index (χ1n) is 49.9. The van der Waals surface area contributed by atoms with Crippen molar-refractivity contribution < 1.29 is 134 Å². The number of nitrogens with one attached hydrogen (secondary N) is 13. The predicted molar refractivity (Wildman–Crippen MR) is 542 cm³/mol. The van der Waals surface area contributed by atoms with Crippen LogP contribution in [0.2, 0.25) is 0 Å². The highest BCUT2D eigenvalue weighted by atomic mass is 16.6. The average Bonchev–Trinajstić information content (AvgIpc) is 1.61. The van der Waals surface area contributed by atoms with Crippen LogP contribution in [0.1, 0.15) is 264 Å². The summed E-state index contributed by atoms with van der Waals surface area (Å²) in [7, 11) is 0. The van der Waals surface area contributed by atoms with Gasteiger partial charge in [-0.25, -0.2) is 9.59 Å². The van der Waals surface area contributed by atoms with Crippen molar-refractivity contribution in [1.82, 2.24) is 74.0 Å². The lowest BCUT2D eigenvalue weighted by Crippen LogP contribution is -2.61. The zero-order chi connectivity index (χ0) is 111. The summed E-state index contributed by atoms with van der Waals surface area (Å²) in [6.07, 6.45) is -6.01. The van der Waals surface area contributed by atoms with Crippen molar-refractivity contribution in [3.05, 3.63) is 131 Å². The number of amides is 14. The minimum absolute atomic E-state index is 0.0166. The van der Waals surface area contributed by atoms with Gasteiger partial charge in [-0.3, -0.25) is 86.3 Å². The zero-order valence-corrected chi connectivity index (χ0v) is 89.2. The monoisotopic (exact) mass is 2070 g/mol. The van der Waals surface area contributed by atoms with Crippen LogP contribution in [-0.2, 0) is 137 Å². The van der Waals surface area contributed by atoms with Gasteiger partial charge in [-0.1, -0.05) is 123 Å². The summed E-state index contributed by atoms with van der Waals surface area (Å²) in [5.41, 5.74) is -1.41. The molecule has 42 nitrogen and oxygen atoms in total. The molecule has 1 aliphatic heterocycles. The second-order valence-corrected chi connectivity index (χ2v) is 43.2. The predicted octanol–water partition coefficient (Wildman–Crippen LogP) is 6.04. The normalized spacial score (nSPS) is 15.5. The van der Waals surface area contributed by atoms with Crippen LogP contribution < -0.4 is 69.1 Å². The Hall–Kier alpha value is -14.0. The molecule has 0 spiro atoms. The second-order valence-electron chi connectivity index (χ2n) is 43.2. The molecule has 1 heterocycles. The van der Waals surface area contributed by atoms with Gasteiger partial charge in [-0.15, -0.1) is 0 Å². The Balaban J connectivity index is 1.22. The van der Waals surface area contributed by atoms with E-state index in [0.717, 1.165) is 22.3 Å². The summed E-state index contributed by atoms with van der Waals surface area (Å²) in [4.78, 5) is 284. The number of aliphatic carboxylic acids is 1. The molecule has 0 unspecified atom stereocenters. The molecule has 2 aliphatic rings. The lowest BCUT2D eigenvalue weighted by atomic mass is 9.98. The molecule has 4 aromatic carbocycles. The Bertz CT molecular complexity index is 5280. The number of rotatable bonds is 51. The van der Waals surface area contributed by atoms with E-state index < -0.39 is 295 Å². The van der Waals surface area contributed by atoms with Crippen LogP contribution in [0, 0.1) is 5.92 Å². The quantitative estimate of drug-likeness (QED) is 0.0177. The first-order valence-corrected chi connectivity index (χ1v) is 49.9. The van der Waals surface area contributed by atoms with Gasteiger partial charge in [0.15, 0.2) is 0 Å². The fourth-order valence-corrected chi connectivity index (χ4v) is 15.7. The van der Waals surface area contributed by atoms with Crippen LogP contribution in [0.3, 0.4) is 0 Å². The largest absolute Gasteiger partial charge is 0.480 e. The standard InChI is InChI=1S/C106H152N14O28/c1-60(2)53-75(94(134)113-73(46-50-84(124)146-104(15,16)17)92(132)118-78(99(139)140)55-65-37-28-25-29-38-65)116-97(137)80-43-34-52-120(80)98(138)77(54-64-35-26-24-27-36-64)117-89(129)63(5)109-90(130)71(44-48-82(122)144-102(9,10)11)111-88(128)62(4)110-96(136)79(59-143-101(6,7)8)119-93(133)74(47-51-85(125)147-105(18,19)20)114-95(135)76(56-86(126)148-106(21,22)23)115-91(131)72(45-49-83(123)145-103(12,13)14)112-87(127)61(3)108-81(121)57-107-100(141)142-58-70-68-41-32-30-39-66(68)67-40-31-33-42-69(67)70/h24-33,35-42,60-63,70-80H,34,43-59H2,1-23H3,(H,107,141)(H,108,121)(H,109,130)(H,110,136)(H,111,128)(H,112,127)(H,113,134)(H,114,135)(H,115,131)(H,116,137)(H,117,129)(H,118,132)(H,119,133)(H,139,140)/t61-,62-,63-,71-,72-,73-,74-,75-,76-,77-,78-,79-,80-/m0/s1. The van der Waals surface area contributed by atoms with E-state index in [0.29, 0.717) is 11.1 Å². The maximum atomic E-state index is 15.2. The van der Waals surface area contributed by atoms with Crippen molar-refractivity contribution in [2.24, 2.45) is 5.92 Å². The van der Waals surface area contributed by atoms with Gasteiger partial charge in [-0.2, -0.15) is 0 Å². The Morgan fingerprint density at radius 2 is 0.689 bits per heavy atom. The maximum absolute atomic E-state index is 15.2. The van der Waals surface area contributed by atoms with E-state index in [1.165, 1.54) is 46.4 Å².